The molecule has 0 aliphatic heterocycles. The number of hydrogen-bond acceptors (Lipinski definition) is 6. The Labute approximate surface area is 205 Å². The summed E-state index contributed by atoms with van der Waals surface area (Å²) in [5.41, 5.74) is 1.31. The number of rotatable bonds is 8. The summed E-state index contributed by atoms with van der Waals surface area (Å²) in [5, 5.41) is 23.4. The van der Waals surface area contributed by atoms with Gasteiger partial charge in [0, 0.05) is 12.1 Å². The van der Waals surface area contributed by atoms with Crippen LogP contribution in [0, 0.1) is 21.4 Å². The average Bonchev–Trinajstić information content (AvgIpc) is 2.83. The molecule has 8 nitrogen and oxygen atoms in total. The number of benzene rings is 3. The molecule has 0 radical (unpaired) electrons. The first-order chi connectivity index (χ1) is 16.3. The van der Waals surface area contributed by atoms with Crippen molar-refractivity contribution in [2.45, 2.75) is 6.61 Å². The van der Waals surface area contributed by atoms with Gasteiger partial charge < -0.3 is 14.8 Å². The van der Waals surface area contributed by atoms with Gasteiger partial charge in [0.25, 0.3) is 11.6 Å². The van der Waals surface area contributed by atoms with Crippen LogP contribution in [0.2, 0.25) is 10.0 Å². The summed E-state index contributed by atoms with van der Waals surface area (Å²) in [4.78, 5) is 22.8. The number of anilines is 1. The smallest absolute Gasteiger partial charge is 0.269 e. The van der Waals surface area contributed by atoms with Gasteiger partial charge in [-0.3, -0.25) is 14.9 Å². The van der Waals surface area contributed by atoms with Crippen molar-refractivity contribution in [1.29, 1.82) is 5.26 Å². The summed E-state index contributed by atoms with van der Waals surface area (Å²) in [6.07, 6.45) is 1.36. The molecule has 3 aromatic carbocycles. The van der Waals surface area contributed by atoms with E-state index in [0.717, 1.165) is 0 Å². The second-order valence-electron chi connectivity index (χ2n) is 6.85. The highest BCUT2D eigenvalue weighted by Gasteiger charge is 2.15. The zero-order chi connectivity index (χ0) is 24.7. The number of halogens is 2. The number of amides is 1. The molecule has 0 spiro atoms. The second-order valence-corrected chi connectivity index (χ2v) is 7.66. The van der Waals surface area contributed by atoms with E-state index in [2.05, 4.69) is 5.32 Å². The highest BCUT2D eigenvalue weighted by atomic mass is 35.5. The van der Waals surface area contributed by atoms with Gasteiger partial charge >= 0.3 is 0 Å². The minimum absolute atomic E-state index is 0.0256. The summed E-state index contributed by atoms with van der Waals surface area (Å²) < 4.78 is 11.1. The summed E-state index contributed by atoms with van der Waals surface area (Å²) in [7, 11) is 1.42. The predicted molar refractivity (Wildman–Crippen MR) is 129 cm³/mol. The normalized spacial score (nSPS) is 10.8. The van der Waals surface area contributed by atoms with Crippen molar-refractivity contribution in [3.63, 3.8) is 0 Å². The van der Waals surface area contributed by atoms with Crippen molar-refractivity contribution < 1.29 is 19.2 Å². The fraction of sp³-hybridized carbons (Fsp3) is 0.0833. The van der Waals surface area contributed by atoms with Gasteiger partial charge in [-0.25, -0.2) is 0 Å². The molecular weight excluding hydrogens is 481 g/mol. The molecule has 10 heteroatoms. The maximum Gasteiger partial charge on any atom is 0.269 e. The molecule has 0 aliphatic rings. The van der Waals surface area contributed by atoms with Crippen LogP contribution >= 0.6 is 23.2 Å². The van der Waals surface area contributed by atoms with Gasteiger partial charge in [-0.15, -0.1) is 0 Å². The van der Waals surface area contributed by atoms with E-state index in [-0.39, 0.29) is 34.4 Å². The van der Waals surface area contributed by atoms with Crippen LogP contribution in [0.4, 0.5) is 11.4 Å². The Morgan fingerprint density at radius 3 is 2.47 bits per heavy atom. The monoisotopic (exact) mass is 497 g/mol. The number of nitro benzene ring substituents is 1. The number of para-hydroxylation sites is 1. The van der Waals surface area contributed by atoms with E-state index in [4.69, 9.17) is 32.7 Å². The quantitative estimate of drug-likeness (QED) is 0.175. The Hall–Kier alpha value is -4.06. The highest BCUT2D eigenvalue weighted by Crippen LogP contribution is 2.37. The number of hydrogen-bond donors (Lipinski definition) is 1. The lowest BCUT2D eigenvalue weighted by Crippen LogP contribution is -2.13. The molecular formula is C24H17Cl2N3O5. The number of nitrogens with one attached hydrogen (secondary N) is 1. The fourth-order valence-electron chi connectivity index (χ4n) is 2.90. The number of nitriles is 1. The molecule has 3 aromatic rings. The molecule has 0 aromatic heterocycles. The predicted octanol–water partition coefficient (Wildman–Crippen LogP) is 6.03. The third-order valence-electron chi connectivity index (χ3n) is 4.58. The number of nitrogens with zero attached hydrogens (tertiary/aromatic N) is 2. The number of carbonyl (C=O) groups is 1. The van der Waals surface area contributed by atoms with E-state index >= 15 is 0 Å². The van der Waals surface area contributed by atoms with E-state index in [1.165, 1.54) is 31.4 Å². The van der Waals surface area contributed by atoms with E-state index in [0.29, 0.717) is 21.8 Å². The first kappa shape index (κ1) is 24.6. The van der Waals surface area contributed by atoms with Crippen LogP contribution in [0.5, 0.6) is 11.5 Å². The van der Waals surface area contributed by atoms with Crippen LogP contribution in [0.15, 0.2) is 66.2 Å². The van der Waals surface area contributed by atoms with Crippen LogP contribution in [0.3, 0.4) is 0 Å². The molecule has 1 amide bonds. The Morgan fingerprint density at radius 1 is 1.15 bits per heavy atom. The van der Waals surface area contributed by atoms with E-state index in [9.17, 15) is 20.2 Å². The summed E-state index contributed by atoms with van der Waals surface area (Å²) in [5.74, 6) is -0.104. The van der Waals surface area contributed by atoms with Crippen molar-refractivity contribution in [2.24, 2.45) is 0 Å². The molecule has 0 saturated carbocycles. The van der Waals surface area contributed by atoms with Crippen molar-refractivity contribution >= 4 is 46.6 Å². The standard InChI is InChI=1S/C24H17Cl2N3O5/c1-33-22-12-16(10-17(13-27)24(30)28-21-5-3-2-4-19(21)25)11-20(26)23(22)34-14-15-6-8-18(9-7-15)29(31)32/h2-12H,14H2,1H3,(H,28,30)/b17-10+. The number of ether oxygens (including phenoxy) is 2. The van der Waals surface area contributed by atoms with E-state index < -0.39 is 10.8 Å². The molecule has 0 heterocycles. The van der Waals surface area contributed by atoms with Crippen molar-refractivity contribution in [2.75, 3.05) is 12.4 Å². The number of carbonyl (C=O) groups excluding carboxylic acids is 1. The zero-order valence-electron chi connectivity index (χ0n) is 17.7. The summed E-state index contributed by atoms with van der Waals surface area (Å²) >= 11 is 12.4. The molecule has 3 rings (SSSR count). The minimum Gasteiger partial charge on any atom is -0.493 e. The third-order valence-corrected chi connectivity index (χ3v) is 5.19. The first-order valence-corrected chi connectivity index (χ1v) is 10.5. The van der Waals surface area contributed by atoms with Crippen LogP contribution in [-0.2, 0) is 11.4 Å². The van der Waals surface area contributed by atoms with Gasteiger partial charge in [-0.2, -0.15) is 5.26 Å². The van der Waals surface area contributed by atoms with E-state index in [1.807, 2.05) is 6.07 Å². The van der Waals surface area contributed by atoms with Crippen molar-refractivity contribution in [1.82, 2.24) is 0 Å². The third kappa shape index (κ3) is 6.04. The van der Waals surface area contributed by atoms with Gasteiger partial charge in [0.1, 0.15) is 18.2 Å². The lowest BCUT2D eigenvalue weighted by Gasteiger charge is -2.13. The Bertz CT molecular complexity index is 1300. The molecule has 172 valence electrons. The topological polar surface area (TPSA) is 114 Å². The zero-order valence-corrected chi connectivity index (χ0v) is 19.3. The van der Waals surface area contributed by atoms with Crippen LogP contribution < -0.4 is 14.8 Å². The van der Waals surface area contributed by atoms with Crippen molar-refractivity contribution in [3.8, 4) is 17.6 Å². The fourth-order valence-corrected chi connectivity index (χ4v) is 3.36. The SMILES string of the molecule is COc1cc(/C=C(\C#N)C(=O)Nc2ccccc2Cl)cc(Cl)c1OCc1ccc([N+](=O)[O-])cc1. The second kappa shape index (κ2) is 11.2. The van der Waals surface area contributed by atoms with Gasteiger partial charge in [-0.1, -0.05) is 35.3 Å². The number of methoxy groups -OCH3 is 1. The molecule has 0 bridgehead atoms. The Balaban J connectivity index is 1.80. The Kier molecular flexibility index (Phi) is 8.09. The molecule has 0 saturated heterocycles. The van der Waals surface area contributed by atoms with Gasteiger partial charge in [0.2, 0.25) is 0 Å². The molecule has 0 atom stereocenters. The molecule has 1 N–H and O–H groups in total. The maximum atomic E-state index is 12.5. The molecule has 0 aliphatic carbocycles. The van der Waals surface area contributed by atoms with Crippen LogP contribution in [0.1, 0.15) is 11.1 Å². The summed E-state index contributed by atoms with van der Waals surface area (Å²) in [6, 6.07) is 17.5. The largest absolute Gasteiger partial charge is 0.493 e. The van der Waals surface area contributed by atoms with Crippen LogP contribution in [0.25, 0.3) is 6.08 Å². The van der Waals surface area contributed by atoms with Crippen molar-refractivity contribution in [3.05, 3.63) is 97.5 Å². The molecule has 0 fully saturated rings. The minimum atomic E-state index is -0.635. The number of non-ortho nitro benzene ring substituents is 1. The van der Waals surface area contributed by atoms with Crippen LogP contribution in [-0.4, -0.2) is 17.9 Å². The first-order valence-electron chi connectivity index (χ1n) is 9.73. The molecule has 0 unspecified atom stereocenters. The van der Waals surface area contributed by atoms with Gasteiger partial charge in [0.15, 0.2) is 11.5 Å². The number of nitro groups is 1. The molecule has 34 heavy (non-hydrogen) atoms. The highest BCUT2D eigenvalue weighted by molar-refractivity contribution is 6.34. The van der Waals surface area contributed by atoms with Gasteiger partial charge in [0.05, 0.1) is 27.8 Å². The summed E-state index contributed by atoms with van der Waals surface area (Å²) in [6.45, 7) is 0.0902. The van der Waals surface area contributed by atoms with E-state index in [1.54, 1.807) is 42.5 Å². The lowest BCUT2D eigenvalue weighted by molar-refractivity contribution is -0.384. The maximum absolute atomic E-state index is 12.5. The van der Waals surface area contributed by atoms with Gasteiger partial charge in [-0.05, 0) is 53.6 Å². The lowest BCUT2D eigenvalue weighted by atomic mass is 10.1. The average molecular weight is 498 g/mol. The Morgan fingerprint density at radius 2 is 1.85 bits per heavy atom.